The van der Waals surface area contributed by atoms with E-state index in [9.17, 15) is 14.3 Å². The van der Waals surface area contributed by atoms with Gasteiger partial charge < -0.3 is 9.67 Å². The van der Waals surface area contributed by atoms with Crippen molar-refractivity contribution in [2.75, 3.05) is 26.2 Å². The molecule has 4 nitrogen and oxygen atoms in total. The summed E-state index contributed by atoms with van der Waals surface area (Å²) in [5.41, 5.74) is 3.40. The summed E-state index contributed by atoms with van der Waals surface area (Å²) in [6, 6.07) is 8.19. The van der Waals surface area contributed by atoms with E-state index >= 15 is 0 Å². The first-order valence-corrected chi connectivity index (χ1v) is 8.31. The summed E-state index contributed by atoms with van der Waals surface area (Å²) >= 11 is 0. The molecule has 1 aliphatic heterocycles. The maximum Gasteiger partial charge on any atom is 0.178 e. The van der Waals surface area contributed by atoms with E-state index in [2.05, 4.69) is 4.90 Å². The maximum atomic E-state index is 13.1. The number of hydrogen-bond donors (Lipinski definition) is 1. The van der Waals surface area contributed by atoms with Crippen LogP contribution in [0.15, 0.2) is 30.3 Å². The van der Waals surface area contributed by atoms with Crippen molar-refractivity contribution < 1.29 is 14.3 Å². The molecule has 1 aliphatic rings. The highest BCUT2D eigenvalue weighted by Gasteiger charge is 2.25. The first kappa shape index (κ1) is 16.9. The molecule has 1 atom stereocenters. The number of aryl methyl sites for hydroxylation is 1. The number of ketones is 1. The zero-order chi connectivity index (χ0) is 17.3. The number of likely N-dealkylation sites (tertiary alicyclic amines) is 1. The zero-order valence-electron chi connectivity index (χ0n) is 14.1. The van der Waals surface area contributed by atoms with Crippen molar-refractivity contribution in [3.05, 3.63) is 53.1 Å². The minimum absolute atomic E-state index is 0.0926. The van der Waals surface area contributed by atoms with Crippen LogP contribution in [0.2, 0.25) is 0 Å². The van der Waals surface area contributed by atoms with Gasteiger partial charge in [0.1, 0.15) is 5.82 Å². The molecule has 1 saturated heterocycles. The van der Waals surface area contributed by atoms with Crippen LogP contribution >= 0.6 is 0 Å². The van der Waals surface area contributed by atoms with Gasteiger partial charge in [-0.1, -0.05) is 0 Å². The lowest BCUT2D eigenvalue weighted by atomic mass is 10.1. The number of aliphatic hydroxyl groups is 1. The normalized spacial score (nSPS) is 18.2. The van der Waals surface area contributed by atoms with E-state index in [0.717, 1.165) is 36.6 Å². The van der Waals surface area contributed by atoms with Crippen molar-refractivity contribution in [3.8, 4) is 5.69 Å². The van der Waals surface area contributed by atoms with Crippen molar-refractivity contribution in [1.29, 1.82) is 0 Å². The van der Waals surface area contributed by atoms with Crippen molar-refractivity contribution in [2.45, 2.75) is 20.3 Å². The fraction of sp³-hybridized carbons (Fsp3) is 0.421. The molecule has 0 bridgehead atoms. The molecule has 1 aromatic carbocycles. The van der Waals surface area contributed by atoms with Gasteiger partial charge in [0.15, 0.2) is 5.78 Å². The number of hydrogen-bond acceptors (Lipinski definition) is 3. The van der Waals surface area contributed by atoms with Gasteiger partial charge in [0, 0.05) is 35.8 Å². The summed E-state index contributed by atoms with van der Waals surface area (Å²) in [6.07, 6.45) is 0.943. The Morgan fingerprint density at radius 2 is 2.00 bits per heavy atom. The predicted molar refractivity (Wildman–Crippen MR) is 91.2 cm³/mol. The van der Waals surface area contributed by atoms with Crippen LogP contribution in [0.4, 0.5) is 4.39 Å². The molecule has 0 spiro atoms. The second-order valence-corrected chi connectivity index (χ2v) is 6.59. The average molecular weight is 330 g/mol. The molecule has 128 valence electrons. The quantitative estimate of drug-likeness (QED) is 0.858. The maximum absolute atomic E-state index is 13.1. The lowest BCUT2D eigenvalue weighted by Crippen LogP contribution is -2.28. The summed E-state index contributed by atoms with van der Waals surface area (Å²) in [7, 11) is 0. The Labute approximate surface area is 141 Å². The molecule has 3 rings (SSSR count). The van der Waals surface area contributed by atoms with Gasteiger partial charge in [-0.2, -0.15) is 0 Å². The largest absolute Gasteiger partial charge is 0.396 e. The van der Waals surface area contributed by atoms with E-state index in [1.807, 2.05) is 24.5 Å². The molecule has 0 saturated carbocycles. The number of nitrogens with zero attached hydrogens (tertiary/aromatic N) is 2. The predicted octanol–water partition coefficient (Wildman–Crippen LogP) is 2.73. The van der Waals surface area contributed by atoms with Crippen LogP contribution in [0.1, 0.15) is 28.2 Å². The summed E-state index contributed by atoms with van der Waals surface area (Å²) in [4.78, 5) is 14.8. The van der Waals surface area contributed by atoms with Crippen molar-refractivity contribution in [1.82, 2.24) is 9.47 Å². The molecule has 1 N–H and O–H groups in total. The van der Waals surface area contributed by atoms with E-state index in [0.29, 0.717) is 12.1 Å². The SMILES string of the molecule is Cc1cc(C(=O)CN2CCC(CO)C2)c(C)n1-c1ccc(F)cc1. The minimum Gasteiger partial charge on any atom is -0.396 e. The molecule has 2 aromatic rings. The fourth-order valence-corrected chi connectivity index (χ4v) is 3.53. The first-order valence-electron chi connectivity index (χ1n) is 8.31. The first-order chi connectivity index (χ1) is 11.5. The average Bonchev–Trinajstić information content (AvgIpc) is 3.13. The van der Waals surface area contributed by atoms with Crippen LogP contribution in [-0.4, -0.2) is 46.6 Å². The number of aromatic nitrogens is 1. The molecule has 1 aromatic heterocycles. The molecule has 1 fully saturated rings. The zero-order valence-corrected chi connectivity index (χ0v) is 14.1. The molecule has 24 heavy (non-hydrogen) atoms. The molecule has 0 aliphatic carbocycles. The molecule has 0 radical (unpaired) electrons. The van der Waals surface area contributed by atoms with E-state index < -0.39 is 0 Å². The Bertz CT molecular complexity index is 737. The van der Waals surface area contributed by atoms with Gasteiger partial charge in [-0.05, 0) is 63.1 Å². The summed E-state index contributed by atoms with van der Waals surface area (Å²) in [5.74, 6) is 0.101. The Balaban J connectivity index is 1.81. The molecular weight excluding hydrogens is 307 g/mol. The highest BCUT2D eigenvalue weighted by Crippen LogP contribution is 2.23. The molecule has 5 heteroatoms. The third-order valence-corrected chi connectivity index (χ3v) is 4.81. The van der Waals surface area contributed by atoms with Gasteiger partial charge in [0.25, 0.3) is 0 Å². The van der Waals surface area contributed by atoms with Gasteiger partial charge in [0.05, 0.1) is 6.54 Å². The third-order valence-electron chi connectivity index (χ3n) is 4.81. The number of halogens is 1. The number of benzene rings is 1. The second kappa shape index (κ2) is 6.87. The van der Waals surface area contributed by atoms with Crippen LogP contribution < -0.4 is 0 Å². The van der Waals surface area contributed by atoms with E-state index in [-0.39, 0.29) is 24.1 Å². The monoisotopic (exact) mass is 330 g/mol. The van der Waals surface area contributed by atoms with Crippen molar-refractivity contribution >= 4 is 5.78 Å². The fourth-order valence-electron chi connectivity index (χ4n) is 3.53. The standard InChI is InChI=1S/C19H23FN2O2/c1-13-9-18(19(24)11-21-8-7-15(10-21)12-23)14(2)22(13)17-5-3-16(20)4-6-17/h3-6,9,15,23H,7-8,10-12H2,1-2H3. The molecule has 0 amide bonds. The number of carbonyl (C=O) groups excluding carboxylic acids is 1. The lowest BCUT2D eigenvalue weighted by Gasteiger charge is -2.15. The summed E-state index contributed by atoms with van der Waals surface area (Å²) in [5, 5.41) is 9.22. The summed E-state index contributed by atoms with van der Waals surface area (Å²) in [6.45, 7) is 6.06. The number of rotatable bonds is 5. The molecule has 2 heterocycles. The Kier molecular flexibility index (Phi) is 4.83. The Morgan fingerprint density at radius 3 is 2.62 bits per heavy atom. The van der Waals surface area contributed by atoms with Crippen molar-refractivity contribution in [3.63, 3.8) is 0 Å². The van der Waals surface area contributed by atoms with Crippen LogP contribution in [0.3, 0.4) is 0 Å². The number of carbonyl (C=O) groups is 1. The van der Waals surface area contributed by atoms with Gasteiger partial charge >= 0.3 is 0 Å². The van der Waals surface area contributed by atoms with Crippen molar-refractivity contribution in [2.24, 2.45) is 5.92 Å². The van der Waals surface area contributed by atoms with Gasteiger partial charge in [0.2, 0.25) is 0 Å². The summed E-state index contributed by atoms with van der Waals surface area (Å²) < 4.78 is 15.1. The van der Waals surface area contributed by atoms with Gasteiger partial charge in [-0.3, -0.25) is 9.69 Å². The smallest absolute Gasteiger partial charge is 0.178 e. The number of aliphatic hydroxyl groups excluding tert-OH is 1. The van der Waals surface area contributed by atoms with E-state index in [1.165, 1.54) is 12.1 Å². The molecular formula is C19H23FN2O2. The van der Waals surface area contributed by atoms with Gasteiger partial charge in [-0.15, -0.1) is 0 Å². The van der Waals surface area contributed by atoms with Crippen LogP contribution in [0.25, 0.3) is 5.69 Å². The third kappa shape index (κ3) is 3.28. The lowest BCUT2D eigenvalue weighted by molar-refractivity contribution is 0.0939. The van der Waals surface area contributed by atoms with Crippen LogP contribution in [0.5, 0.6) is 0 Å². The number of Topliss-reactive ketones (excluding diaryl/α,β-unsaturated/α-hetero) is 1. The highest BCUT2D eigenvalue weighted by molar-refractivity contribution is 5.99. The minimum atomic E-state index is -0.273. The van der Waals surface area contributed by atoms with Gasteiger partial charge in [-0.25, -0.2) is 4.39 Å². The Morgan fingerprint density at radius 1 is 1.29 bits per heavy atom. The molecule has 1 unspecified atom stereocenters. The van der Waals surface area contributed by atoms with E-state index in [1.54, 1.807) is 12.1 Å². The van der Waals surface area contributed by atoms with E-state index in [4.69, 9.17) is 0 Å². The highest BCUT2D eigenvalue weighted by atomic mass is 19.1. The topological polar surface area (TPSA) is 45.5 Å². The van der Waals surface area contributed by atoms with Crippen LogP contribution in [-0.2, 0) is 0 Å². The second-order valence-electron chi connectivity index (χ2n) is 6.59. The van der Waals surface area contributed by atoms with Crippen LogP contribution in [0, 0.1) is 25.6 Å². The Hall–Kier alpha value is -1.98.